The highest BCUT2D eigenvalue weighted by Gasteiger charge is 2.11. The highest BCUT2D eigenvalue weighted by atomic mass is 16.5. The van der Waals surface area contributed by atoms with Gasteiger partial charge in [-0.15, -0.1) is 0 Å². The maximum atomic E-state index is 12.3. The van der Waals surface area contributed by atoms with Gasteiger partial charge in [-0.3, -0.25) is 4.79 Å². The van der Waals surface area contributed by atoms with Crippen LogP contribution in [0.2, 0.25) is 0 Å². The number of carboxylic acid groups (broad SMARTS) is 1. The van der Waals surface area contributed by atoms with Crippen molar-refractivity contribution in [3.8, 4) is 0 Å². The lowest BCUT2D eigenvalue weighted by Crippen LogP contribution is -2.16. The number of carbonyl (C=O) groups excluding carboxylic acids is 1. The molecule has 2 N–H and O–H groups in total. The van der Waals surface area contributed by atoms with E-state index in [2.05, 4.69) is 5.32 Å². The van der Waals surface area contributed by atoms with E-state index in [-0.39, 0.29) is 24.5 Å². The number of benzene rings is 2. The summed E-state index contributed by atoms with van der Waals surface area (Å²) < 4.78 is 5.04. The first-order chi connectivity index (χ1) is 11.4. The van der Waals surface area contributed by atoms with Crippen LogP contribution < -0.4 is 5.32 Å². The summed E-state index contributed by atoms with van der Waals surface area (Å²) in [4.78, 5) is 23.5. The molecule has 2 aromatic rings. The average Bonchev–Trinajstić information content (AvgIpc) is 2.51. The Labute approximate surface area is 141 Å². The number of anilines is 1. The molecule has 0 heterocycles. The molecule has 0 saturated heterocycles. The normalized spacial score (nSPS) is 10.5. The number of aromatic carboxylic acids is 1. The summed E-state index contributed by atoms with van der Waals surface area (Å²) in [6.07, 6.45) is 0.240. The molecule has 0 saturated carbocycles. The van der Waals surface area contributed by atoms with Gasteiger partial charge in [-0.25, -0.2) is 4.79 Å². The van der Waals surface area contributed by atoms with E-state index in [9.17, 15) is 14.7 Å². The Bertz CT molecular complexity index is 768. The van der Waals surface area contributed by atoms with Gasteiger partial charge in [0.05, 0.1) is 18.6 Å². The molecule has 5 nitrogen and oxygen atoms in total. The van der Waals surface area contributed by atoms with Gasteiger partial charge in [-0.2, -0.15) is 0 Å². The topological polar surface area (TPSA) is 75.6 Å². The molecule has 0 radical (unpaired) electrons. The number of carbonyl (C=O) groups is 2. The predicted octanol–water partition coefficient (Wildman–Crippen LogP) is 3.33. The molecule has 5 heteroatoms. The number of aryl methyl sites for hydroxylation is 2. The van der Waals surface area contributed by atoms with Gasteiger partial charge in [0.2, 0.25) is 5.91 Å². The third-order valence-electron chi connectivity index (χ3n) is 3.69. The maximum absolute atomic E-state index is 12.3. The molecule has 0 aromatic heterocycles. The van der Waals surface area contributed by atoms with E-state index >= 15 is 0 Å². The SMILES string of the molecule is COCc1cc(NC(=O)Cc2cc(C)ccc2C)cc(C(=O)O)c1. The molecule has 0 aliphatic rings. The van der Waals surface area contributed by atoms with Crippen molar-refractivity contribution < 1.29 is 19.4 Å². The number of nitrogens with one attached hydrogen (secondary N) is 1. The zero-order valence-corrected chi connectivity index (χ0v) is 14.1. The minimum absolute atomic E-state index is 0.117. The van der Waals surface area contributed by atoms with Crippen molar-refractivity contribution in [1.29, 1.82) is 0 Å². The van der Waals surface area contributed by atoms with E-state index in [0.29, 0.717) is 11.3 Å². The van der Waals surface area contributed by atoms with Gasteiger partial charge in [0.15, 0.2) is 0 Å². The van der Waals surface area contributed by atoms with Crippen LogP contribution in [0.15, 0.2) is 36.4 Å². The van der Waals surface area contributed by atoms with Crippen LogP contribution in [-0.4, -0.2) is 24.1 Å². The molecule has 24 heavy (non-hydrogen) atoms. The molecule has 0 aliphatic carbocycles. The fourth-order valence-corrected chi connectivity index (χ4v) is 2.51. The smallest absolute Gasteiger partial charge is 0.335 e. The number of hydrogen-bond acceptors (Lipinski definition) is 3. The molecule has 0 bridgehead atoms. The molecular formula is C19H21NO4. The summed E-state index contributed by atoms with van der Waals surface area (Å²) in [5.74, 6) is -1.23. The quantitative estimate of drug-likeness (QED) is 0.853. The van der Waals surface area contributed by atoms with Gasteiger partial charge in [0.1, 0.15) is 0 Å². The number of hydrogen-bond donors (Lipinski definition) is 2. The van der Waals surface area contributed by atoms with E-state index in [1.165, 1.54) is 19.2 Å². The summed E-state index contributed by atoms with van der Waals surface area (Å²) in [6, 6.07) is 10.7. The number of rotatable bonds is 6. The van der Waals surface area contributed by atoms with Crippen LogP contribution in [0, 0.1) is 13.8 Å². The first-order valence-corrected chi connectivity index (χ1v) is 7.61. The third kappa shape index (κ3) is 4.67. The number of methoxy groups -OCH3 is 1. The third-order valence-corrected chi connectivity index (χ3v) is 3.69. The lowest BCUT2D eigenvalue weighted by molar-refractivity contribution is -0.115. The Morgan fingerprint density at radius 3 is 2.54 bits per heavy atom. The molecule has 2 rings (SSSR count). The summed E-state index contributed by atoms with van der Waals surface area (Å²) in [7, 11) is 1.53. The van der Waals surface area contributed by atoms with Crippen LogP contribution in [-0.2, 0) is 22.6 Å². The van der Waals surface area contributed by atoms with Crippen molar-refractivity contribution in [1.82, 2.24) is 0 Å². The highest BCUT2D eigenvalue weighted by Crippen LogP contribution is 2.17. The fourth-order valence-electron chi connectivity index (χ4n) is 2.51. The van der Waals surface area contributed by atoms with E-state index in [1.54, 1.807) is 6.07 Å². The lowest BCUT2D eigenvalue weighted by Gasteiger charge is -2.11. The predicted molar refractivity (Wildman–Crippen MR) is 92.4 cm³/mol. The van der Waals surface area contributed by atoms with Crippen LogP contribution in [0.25, 0.3) is 0 Å². The van der Waals surface area contributed by atoms with Gasteiger partial charge < -0.3 is 15.2 Å². The number of amides is 1. The van der Waals surface area contributed by atoms with Gasteiger partial charge in [0.25, 0.3) is 0 Å². The molecule has 0 fully saturated rings. The molecule has 0 aliphatic heterocycles. The first-order valence-electron chi connectivity index (χ1n) is 7.61. The Balaban J connectivity index is 2.18. The zero-order chi connectivity index (χ0) is 17.7. The Morgan fingerprint density at radius 2 is 1.88 bits per heavy atom. The second kappa shape index (κ2) is 7.75. The van der Waals surface area contributed by atoms with Crippen LogP contribution >= 0.6 is 0 Å². The van der Waals surface area contributed by atoms with Crippen molar-refractivity contribution in [3.05, 3.63) is 64.2 Å². The van der Waals surface area contributed by atoms with Crippen molar-refractivity contribution in [2.75, 3.05) is 12.4 Å². The maximum Gasteiger partial charge on any atom is 0.335 e. The van der Waals surface area contributed by atoms with E-state index in [0.717, 1.165) is 16.7 Å². The van der Waals surface area contributed by atoms with E-state index < -0.39 is 5.97 Å². The molecular weight excluding hydrogens is 306 g/mol. The minimum Gasteiger partial charge on any atom is -0.478 e. The number of ether oxygens (including phenoxy) is 1. The molecule has 0 spiro atoms. The van der Waals surface area contributed by atoms with E-state index in [4.69, 9.17) is 4.74 Å². The van der Waals surface area contributed by atoms with Gasteiger partial charge in [-0.05, 0) is 48.7 Å². The van der Waals surface area contributed by atoms with Crippen molar-refractivity contribution in [2.24, 2.45) is 0 Å². The Morgan fingerprint density at radius 1 is 1.12 bits per heavy atom. The average molecular weight is 327 g/mol. The zero-order valence-electron chi connectivity index (χ0n) is 14.1. The number of carboxylic acids is 1. The summed E-state index contributed by atoms with van der Waals surface area (Å²) >= 11 is 0. The lowest BCUT2D eigenvalue weighted by atomic mass is 10.0. The van der Waals surface area contributed by atoms with Gasteiger partial charge in [-0.1, -0.05) is 23.8 Å². The van der Waals surface area contributed by atoms with Gasteiger partial charge in [0, 0.05) is 12.8 Å². The second-order valence-corrected chi connectivity index (χ2v) is 5.81. The molecule has 2 aromatic carbocycles. The van der Waals surface area contributed by atoms with Gasteiger partial charge >= 0.3 is 5.97 Å². The fraction of sp³-hybridized carbons (Fsp3) is 0.263. The molecule has 126 valence electrons. The molecule has 1 amide bonds. The van der Waals surface area contributed by atoms with E-state index in [1.807, 2.05) is 32.0 Å². The monoisotopic (exact) mass is 327 g/mol. The van der Waals surface area contributed by atoms with Crippen LogP contribution in [0.5, 0.6) is 0 Å². The van der Waals surface area contributed by atoms with Crippen molar-refractivity contribution in [2.45, 2.75) is 26.9 Å². The Kier molecular flexibility index (Phi) is 5.71. The Hall–Kier alpha value is -2.66. The summed E-state index contributed by atoms with van der Waals surface area (Å²) in [6.45, 7) is 4.22. The summed E-state index contributed by atoms with van der Waals surface area (Å²) in [5, 5.41) is 12.0. The second-order valence-electron chi connectivity index (χ2n) is 5.81. The van der Waals surface area contributed by atoms with Crippen molar-refractivity contribution in [3.63, 3.8) is 0 Å². The summed E-state index contributed by atoms with van der Waals surface area (Å²) in [5.41, 5.74) is 4.37. The standard InChI is InChI=1S/C19H21NO4/c1-12-4-5-13(2)15(6-12)10-18(21)20-17-8-14(11-24-3)7-16(9-17)19(22)23/h4-9H,10-11H2,1-3H3,(H,20,21)(H,22,23). The molecule has 0 unspecified atom stereocenters. The van der Waals surface area contributed by atoms with Crippen LogP contribution in [0.4, 0.5) is 5.69 Å². The van der Waals surface area contributed by atoms with Crippen LogP contribution in [0.3, 0.4) is 0 Å². The van der Waals surface area contributed by atoms with Crippen molar-refractivity contribution >= 4 is 17.6 Å². The highest BCUT2D eigenvalue weighted by molar-refractivity contribution is 5.95. The largest absolute Gasteiger partial charge is 0.478 e. The first kappa shape index (κ1) is 17.7. The van der Waals surface area contributed by atoms with Crippen LogP contribution in [0.1, 0.15) is 32.6 Å². The molecule has 0 atom stereocenters. The minimum atomic E-state index is -1.04.